The van der Waals surface area contributed by atoms with Crippen molar-refractivity contribution < 1.29 is 13.2 Å². The fourth-order valence-electron chi connectivity index (χ4n) is 4.65. The standard InChI is InChI=1S/C23H33N3O3S/c1-17(2)26(30(4,27)28)21-12-13-22(29-3)20(16-21)15-19-11-8-14-25(24)23(19)18-9-6-5-7-10-18/h5-7,9-10,12-13,16-17,19,23H,8,11,14-15,24H2,1-4H3/t19-,23+/m0/s1. The summed E-state index contributed by atoms with van der Waals surface area (Å²) in [6.45, 7) is 4.62. The van der Waals surface area contributed by atoms with Crippen molar-refractivity contribution in [3.05, 3.63) is 59.7 Å². The number of rotatable bonds is 7. The highest BCUT2D eigenvalue weighted by atomic mass is 32.2. The van der Waals surface area contributed by atoms with Gasteiger partial charge in [-0.05, 0) is 68.4 Å². The van der Waals surface area contributed by atoms with Gasteiger partial charge in [0, 0.05) is 12.6 Å². The third-order valence-electron chi connectivity index (χ3n) is 5.76. The van der Waals surface area contributed by atoms with Crippen LogP contribution >= 0.6 is 0 Å². The number of benzene rings is 2. The molecule has 30 heavy (non-hydrogen) atoms. The number of hydrogen-bond acceptors (Lipinski definition) is 5. The predicted octanol–water partition coefficient (Wildman–Crippen LogP) is 3.74. The molecule has 2 aromatic rings. The molecule has 164 valence electrons. The molecule has 6 nitrogen and oxygen atoms in total. The van der Waals surface area contributed by atoms with Crippen molar-refractivity contribution in [3.8, 4) is 5.75 Å². The SMILES string of the molecule is COc1ccc(N(C(C)C)S(C)(=O)=O)cc1C[C@@H]1CCCN(N)[C@@H]1c1ccccc1. The van der Waals surface area contributed by atoms with Gasteiger partial charge in [0.15, 0.2) is 0 Å². The first kappa shape index (κ1) is 22.6. The molecule has 0 radical (unpaired) electrons. The number of nitrogens with zero attached hydrogens (tertiary/aromatic N) is 2. The van der Waals surface area contributed by atoms with Gasteiger partial charge in [0.25, 0.3) is 0 Å². The van der Waals surface area contributed by atoms with Crippen LogP contribution in [0.1, 0.15) is 43.9 Å². The van der Waals surface area contributed by atoms with E-state index in [2.05, 4.69) is 12.1 Å². The van der Waals surface area contributed by atoms with Crippen molar-refractivity contribution in [2.45, 2.75) is 45.2 Å². The number of hydrogen-bond donors (Lipinski definition) is 1. The summed E-state index contributed by atoms with van der Waals surface area (Å²) in [5.41, 5.74) is 2.88. The summed E-state index contributed by atoms with van der Waals surface area (Å²) in [7, 11) is -1.73. The van der Waals surface area contributed by atoms with Gasteiger partial charge in [0.05, 0.1) is 25.1 Å². The second kappa shape index (κ2) is 9.37. The minimum atomic E-state index is -3.38. The zero-order valence-electron chi connectivity index (χ0n) is 18.3. The highest BCUT2D eigenvalue weighted by molar-refractivity contribution is 7.92. The number of anilines is 1. The van der Waals surface area contributed by atoms with Crippen LogP contribution < -0.4 is 14.9 Å². The summed E-state index contributed by atoms with van der Waals surface area (Å²) in [4.78, 5) is 0. The summed E-state index contributed by atoms with van der Waals surface area (Å²) in [5.74, 6) is 7.50. The van der Waals surface area contributed by atoms with Crippen molar-refractivity contribution in [2.75, 3.05) is 24.2 Å². The Bertz CT molecular complexity index is 947. The number of methoxy groups -OCH3 is 1. The number of ether oxygens (including phenoxy) is 1. The maximum Gasteiger partial charge on any atom is 0.232 e. The summed E-state index contributed by atoms with van der Waals surface area (Å²) in [6, 6.07) is 15.9. The van der Waals surface area contributed by atoms with E-state index in [1.165, 1.54) is 16.1 Å². The van der Waals surface area contributed by atoms with Crippen molar-refractivity contribution >= 4 is 15.7 Å². The monoisotopic (exact) mass is 431 g/mol. The summed E-state index contributed by atoms with van der Waals surface area (Å²) >= 11 is 0. The third-order valence-corrected chi connectivity index (χ3v) is 7.11. The molecule has 0 aromatic heterocycles. The zero-order chi connectivity index (χ0) is 21.9. The number of sulfonamides is 1. The molecular weight excluding hydrogens is 398 g/mol. The Labute approximate surface area is 180 Å². The average molecular weight is 432 g/mol. The van der Waals surface area contributed by atoms with Crippen molar-refractivity contribution in [1.82, 2.24) is 5.01 Å². The van der Waals surface area contributed by atoms with E-state index in [-0.39, 0.29) is 12.1 Å². The Morgan fingerprint density at radius 3 is 2.50 bits per heavy atom. The van der Waals surface area contributed by atoms with Gasteiger partial charge in [-0.3, -0.25) is 10.1 Å². The van der Waals surface area contributed by atoms with Gasteiger partial charge in [0.2, 0.25) is 10.0 Å². The molecule has 1 fully saturated rings. The van der Waals surface area contributed by atoms with E-state index in [0.717, 1.165) is 37.1 Å². The van der Waals surface area contributed by atoms with E-state index in [1.807, 2.05) is 55.3 Å². The quantitative estimate of drug-likeness (QED) is 0.676. The molecule has 1 aliphatic rings. The Hall–Kier alpha value is -2.09. The summed E-state index contributed by atoms with van der Waals surface area (Å²) < 4.78 is 31.8. The minimum Gasteiger partial charge on any atom is -0.496 e. The van der Waals surface area contributed by atoms with Crippen LogP contribution in [-0.2, 0) is 16.4 Å². The van der Waals surface area contributed by atoms with Crippen LogP contribution in [0.25, 0.3) is 0 Å². The third kappa shape index (κ3) is 4.96. The first-order valence-corrected chi connectivity index (χ1v) is 12.3. The smallest absolute Gasteiger partial charge is 0.232 e. The van der Waals surface area contributed by atoms with Gasteiger partial charge in [-0.2, -0.15) is 0 Å². The fourth-order valence-corrected chi connectivity index (χ4v) is 5.91. The van der Waals surface area contributed by atoms with E-state index in [1.54, 1.807) is 7.11 Å². The molecule has 2 N–H and O–H groups in total. The normalized spacial score (nSPS) is 20.3. The van der Waals surface area contributed by atoms with Crippen LogP contribution in [0.15, 0.2) is 48.5 Å². The topological polar surface area (TPSA) is 75.9 Å². The van der Waals surface area contributed by atoms with E-state index in [0.29, 0.717) is 11.6 Å². The van der Waals surface area contributed by atoms with Crippen molar-refractivity contribution in [1.29, 1.82) is 0 Å². The Balaban J connectivity index is 1.98. The van der Waals surface area contributed by atoms with Gasteiger partial charge in [-0.25, -0.2) is 13.4 Å². The summed E-state index contributed by atoms with van der Waals surface area (Å²) in [6.07, 6.45) is 4.10. The van der Waals surface area contributed by atoms with Crippen LogP contribution in [0.5, 0.6) is 5.75 Å². The van der Waals surface area contributed by atoms with Gasteiger partial charge in [0.1, 0.15) is 5.75 Å². The van der Waals surface area contributed by atoms with Crippen LogP contribution in [0, 0.1) is 5.92 Å². The van der Waals surface area contributed by atoms with Crippen molar-refractivity contribution in [3.63, 3.8) is 0 Å². The first-order chi connectivity index (χ1) is 14.2. The van der Waals surface area contributed by atoms with Crippen LogP contribution in [-0.4, -0.2) is 39.4 Å². The van der Waals surface area contributed by atoms with Crippen molar-refractivity contribution in [2.24, 2.45) is 11.8 Å². The Morgan fingerprint density at radius 1 is 1.20 bits per heavy atom. The largest absolute Gasteiger partial charge is 0.496 e. The predicted molar refractivity (Wildman–Crippen MR) is 122 cm³/mol. The molecule has 1 heterocycles. The molecule has 0 bridgehead atoms. The fraction of sp³-hybridized carbons (Fsp3) is 0.478. The lowest BCUT2D eigenvalue weighted by molar-refractivity contribution is 0.0923. The van der Waals surface area contributed by atoms with E-state index in [4.69, 9.17) is 10.6 Å². The molecule has 7 heteroatoms. The van der Waals surface area contributed by atoms with Gasteiger partial charge in [-0.15, -0.1) is 0 Å². The number of piperidine rings is 1. The van der Waals surface area contributed by atoms with Crippen LogP contribution in [0.4, 0.5) is 5.69 Å². The molecule has 0 spiro atoms. The second-order valence-electron chi connectivity index (χ2n) is 8.35. The molecular formula is C23H33N3O3S. The maximum absolute atomic E-state index is 12.4. The lowest BCUT2D eigenvalue weighted by atomic mass is 9.81. The molecule has 2 aromatic carbocycles. The summed E-state index contributed by atoms with van der Waals surface area (Å²) in [5, 5.41) is 1.94. The molecule has 2 atom stereocenters. The first-order valence-electron chi connectivity index (χ1n) is 10.4. The molecule has 1 saturated heterocycles. The molecule has 3 rings (SSSR count). The van der Waals surface area contributed by atoms with Gasteiger partial charge < -0.3 is 4.74 Å². The van der Waals surface area contributed by atoms with E-state index in [9.17, 15) is 8.42 Å². The molecule has 0 aliphatic carbocycles. The maximum atomic E-state index is 12.4. The molecule has 1 aliphatic heterocycles. The van der Waals surface area contributed by atoms with Gasteiger partial charge >= 0.3 is 0 Å². The van der Waals surface area contributed by atoms with E-state index >= 15 is 0 Å². The van der Waals surface area contributed by atoms with Gasteiger partial charge in [-0.1, -0.05) is 30.3 Å². The van der Waals surface area contributed by atoms with E-state index < -0.39 is 10.0 Å². The lowest BCUT2D eigenvalue weighted by Gasteiger charge is -2.39. The zero-order valence-corrected chi connectivity index (χ0v) is 19.1. The second-order valence-corrected chi connectivity index (χ2v) is 10.2. The number of nitrogens with two attached hydrogens (primary N) is 1. The molecule has 0 saturated carbocycles. The Kier molecular flexibility index (Phi) is 7.06. The number of hydrazine groups is 1. The minimum absolute atomic E-state index is 0.115. The highest BCUT2D eigenvalue weighted by Gasteiger charge is 2.32. The Morgan fingerprint density at radius 2 is 1.90 bits per heavy atom. The average Bonchev–Trinajstić information content (AvgIpc) is 2.68. The van der Waals surface area contributed by atoms with Crippen LogP contribution in [0.2, 0.25) is 0 Å². The highest BCUT2D eigenvalue weighted by Crippen LogP contribution is 2.39. The van der Waals surface area contributed by atoms with Crippen LogP contribution in [0.3, 0.4) is 0 Å². The lowest BCUT2D eigenvalue weighted by Crippen LogP contribution is -2.44. The molecule has 0 unspecified atom stereocenters. The molecule has 0 amide bonds.